The van der Waals surface area contributed by atoms with Crippen LogP contribution in [0.4, 0.5) is 24.5 Å². The third-order valence-corrected chi connectivity index (χ3v) is 10.1. The van der Waals surface area contributed by atoms with Crippen LogP contribution >= 0.6 is 23.7 Å². The molecule has 1 aliphatic rings. The Balaban J connectivity index is 0.00000336. The molecule has 1 saturated heterocycles. The van der Waals surface area contributed by atoms with E-state index in [9.17, 15) is 26.4 Å². The van der Waals surface area contributed by atoms with E-state index in [0.717, 1.165) is 12.1 Å². The number of carbonyl (C=O) groups excluding carboxylic acids is 1. The topological polar surface area (TPSA) is 79.4 Å². The van der Waals surface area contributed by atoms with Crippen molar-refractivity contribution in [3.8, 4) is 0 Å². The number of hydrogen-bond donors (Lipinski definition) is 1. The number of benzene rings is 2. The Bertz CT molecular complexity index is 1540. The van der Waals surface area contributed by atoms with Crippen molar-refractivity contribution in [3.63, 3.8) is 0 Å². The fraction of sp³-hybridized carbons (Fsp3) is 0.231. The van der Waals surface area contributed by atoms with E-state index < -0.39 is 26.8 Å². The maximum Gasteiger partial charge on any atom is 0.416 e. The molecule has 0 spiro atoms. The zero-order chi connectivity index (χ0) is 26.2. The van der Waals surface area contributed by atoms with Crippen molar-refractivity contribution in [2.24, 2.45) is 0 Å². The Hall–Kier alpha value is -3.15. The summed E-state index contributed by atoms with van der Waals surface area (Å²) in [4.78, 5) is 18.7. The van der Waals surface area contributed by atoms with E-state index >= 15 is 0 Å². The number of pyridine rings is 1. The van der Waals surface area contributed by atoms with Crippen LogP contribution in [0.5, 0.6) is 0 Å². The van der Waals surface area contributed by atoms with Crippen LogP contribution in [0.15, 0.2) is 76.4 Å². The van der Waals surface area contributed by atoms with E-state index in [4.69, 9.17) is 0 Å². The van der Waals surface area contributed by atoms with Crippen molar-refractivity contribution in [1.82, 2.24) is 9.88 Å². The summed E-state index contributed by atoms with van der Waals surface area (Å²) in [5, 5.41) is 4.96. The minimum atomic E-state index is -4.45. The highest BCUT2D eigenvalue weighted by atomic mass is 35.5. The number of alkyl halides is 3. The summed E-state index contributed by atoms with van der Waals surface area (Å²) >= 11 is 1.21. The summed E-state index contributed by atoms with van der Waals surface area (Å²) in [6.07, 6.45) is -2.24. The molecule has 1 N–H and O–H groups in total. The Morgan fingerprint density at radius 3 is 2.37 bits per heavy atom. The largest absolute Gasteiger partial charge is 0.416 e. The highest BCUT2D eigenvalue weighted by Gasteiger charge is 2.33. The third-order valence-electron chi connectivity index (χ3n) is 6.42. The van der Waals surface area contributed by atoms with E-state index in [1.54, 1.807) is 52.7 Å². The molecule has 0 aliphatic carbocycles. The van der Waals surface area contributed by atoms with Gasteiger partial charge < -0.3 is 10.2 Å². The maximum absolute atomic E-state index is 13.0. The van der Waals surface area contributed by atoms with Gasteiger partial charge in [0.15, 0.2) is 9.84 Å². The molecule has 1 amide bonds. The standard InChI is InChI=1S/C26H22F3N3O3S2.ClH/c27-26(28,29)18-5-8-21-22(9-12-30-23(21)16-18)31-19-6-3-17(4-7-19)25(33)32-13-10-20(11-14-32)37(34,35)24-2-1-15-36-24;/h1-9,12,15-16,20H,10-11,13-14H2,(H,30,31);1H. The summed E-state index contributed by atoms with van der Waals surface area (Å²) in [7, 11) is -3.38. The summed E-state index contributed by atoms with van der Waals surface area (Å²) in [5.74, 6) is -0.174. The molecule has 2 aromatic carbocycles. The van der Waals surface area contributed by atoms with E-state index in [1.807, 2.05) is 0 Å². The first-order valence-electron chi connectivity index (χ1n) is 11.5. The van der Waals surface area contributed by atoms with Crippen molar-refractivity contribution >= 4 is 61.8 Å². The zero-order valence-electron chi connectivity index (χ0n) is 19.8. The van der Waals surface area contributed by atoms with Gasteiger partial charge in [-0.05, 0) is 66.8 Å². The molecule has 0 radical (unpaired) electrons. The molecular weight excluding hydrogens is 559 g/mol. The molecule has 1 fully saturated rings. The Morgan fingerprint density at radius 2 is 1.74 bits per heavy atom. The highest BCUT2D eigenvalue weighted by Crippen LogP contribution is 2.33. The number of nitrogens with zero attached hydrogens (tertiary/aromatic N) is 2. The van der Waals surface area contributed by atoms with Crippen LogP contribution in [0.1, 0.15) is 28.8 Å². The lowest BCUT2D eigenvalue weighted by molar-refractivity contribution is -0.137. The van der Waals surface area contributed by atoms with Crippen LogP contribution in [-0.4, -0.2) is 42.5 Å². The number of fused-ring (bicyclic) bond motifs is 1. The second-order valence-corrected chi connectivity index (χ2v) is 12.2. The number of piperidine rings is 1. The number of rotatable bonds is 5. The Kier molecular flexibility index (Phi) is 8.01. The van der Waals surface area contributed by atoms with Gasteiger partial charge in [-0.3, -0.25) is 9.78 Å². The molecule has 0 unspecified atom stereocenters. The smallest absolute Gasteiger partial charge is 0.355 e. The molecule has 0 atom stereocenters. The number of nitrogens with one attached hydrogen (secondary N) is 1. The summed E-state index contributed by atoms with van der Waals surface area (Å²) in [6, 6.07) is 15.2. The first kappa shape index (κ1) is 27.9. The lowest BCUT2D eigenvalue weighted by Crippen LogP contribution is -2.42. The summed E-state index contributed by atoms with van der Waals surface area (Å²) in [6.45, 7) is 0.716. The van der Waals surface area contributed by atoms with Crippen LogP contribution in [0, 0.1) is 0 Å². The second-order valence-electron chi connectivity index (χ2n) is 8.76. The minimum absolute atomic E-state index is 0. The van der Waals surface area contributed by atoms with E-state index in [2.05, 4.69) is 10.3 Å². The van der Waals surface area contributed by atoms with Gasteiger partial charge in [-0.2, -0.15) is 13.2 Å². The lowest BCUT2D eigenvalue weighted by atomic mass is 10.1. The minimum Gasteiger partial charge on any atom is -0.355 e. The van der Waals surface area contributed by atoms with Crippen LogP contribution in [0.3, 0.4) is 0 Å². The quantitative estimate of drug-likeness (QED) is 0.289. The number of anilines is 2. The number of likely N-dealkylation sites (tertiary alicyclic amines) is 1. The molecule has 6 nitrogen and oxygen atoms in total. The number of sulfone groups is 1. The maximum atomic E-state index is 13.0. The van der Waals surface area contributed by atoms with Crippen LogP contribution in [0.25, 0.3) is 10.9 Å². The zero-order valence-corrected chi connectivity index (χ0v) is 22.3. The number of halogens is 4. The van der Waals surface area contributed by atoms with E-state index in [-0.39, 0.29) is 23.8 Å². The van der Waals surface area contributed by atoms with E-state index in [1.165, 1.54) is 23.6 Å². The second kappa shape index (κ2) is 10.9. The van der Waals surface area contributed by atoms with Crippen LogP contribution < -0.4 is 5.32 Å². The van der Waals surface area contributed by atoms with Gasteiger partial charge in [0.1, 0.15) is 4.21 Å². The third kappa shape index (κ3) is 5.64. The molecule has 1 aliphatic heterocycles. The van der Waals surface area contributed by atoms with Crippen LogP contribution in [-0.2, 0) is 16.0 Å². The molecule has 12 heteroatoms. The van der Waals surface area contributed by atoms with Gasteiger partial charge in [-0.15, -0.1) is 23.7 Å². The normalized spacial score (nSPS) is 14.8. The monoisotopic (exact) mass is 581 g/mol. The molecule has 0 bridgehead atoms. The fourth-order valence-corrected chi connectivity index (χ4v) is 7.41. The SMILES string of the molecule is Cl.O=C(c1ccc(Nc2ccnc3cc(C(F)(F)F)ccc23)cc1)N1CCC(S(=O)(=O)c2cccs2)CC1. The Morgan fingerprint density at radius 1 is 1.03 bits per heavy atom. The molecule has 0 saturated carbocycles. The van der Waals surface area contributed by atoms with Gasteiger partial charge in [-0.1, -0.05) is 12.1 Å². The lowest BCUT2D eigenvalue weighted by Gasteiger charge is -2.31. The predicted octanol–water partition coefficient (Wildman–Crippen LogP) is 6.56. The van der Waals surface area contributed by atoms with Crippen molar-refractivity contribution in [2.75, 3.05) is 18.4 Å². The predicted molar refractivity (Wildman–Crippen MR) is 144 cm³/mol. The number of thiophene rings is 1. The molecule has 3 heterocycles. The molecule has 200 valence electrons. The summed E-state index contributed by atoms with van der Waals surface area (Å²) in [5.41, 5.74) is 1.17. The van der Waals surface area contributed by atoms with Crippen molar-refractivity contribution in [3.05, 3.63) is 83.4 Å². The highest BCUT2D eigenvalue weighted by molar-refractivity contribution is 7.94. The molecule has 2 aromatic heterocycles. The van der Waals surface area contributed by atoms with Gasteiger partial charge >= 0.3 is 6.18 Å². The first-order chi connectivity index (χ1) is 17.6. The van der Waals surface area contributed by atoms with Crippen molar-refractivity contribution in [1.29, 1.82) is 0 Å². The van der Waals surface area contributed by atoms with Gasteiger partial charge in [0.2, 0.25) is 0 Å². The van der Waals surface area contributed by atoms with E-state index in [0.29, 0.717) is 52.5 Å². The molecule has 4 aromatic rings. The first-order valence-corrected chi connectivity index (χ1v) is 14.0. The Labute approximate surface area is 227 Å². The van der Waals surface area contributed by atoms with Gasteiger partial charge in [0.25, 0.3) is 5.91 Å². The number of amides is 1. The number of carbonyl (C=O) groups is 1. The van der Waals surface area contributed by atoms with Crippen LogP contribution in [0.2, 0.25) is 0 Å². The average Bonchev–Trinajstić information content (AvgIpc) is 3.44. The van der Waals surface area contributed by atoms with Gasteiger partial charge in [0.05, 0.1) is 16.3 Å². The average molecular weight is 582 g/mol. The van der Waals surface area contributed by atoms with Crippen molar-refractivity contribution in [2.45, 2.75) is 28.5 Å². The van der Waals surface area contributed by atoms with Gasteiger partial charge in [0, 0.05) is 41.6 Å². The number of hydrogen-bond acceptors (Lipinski definition) is 6. The molecule has 38 heavy (non-hydrogen) atoms. The van der Waals surface area contributed by atoms with Gasteiger partial charge in [-0.25, -0.2) is 8.42 Å². The number of aromatic nitrogens is 1. The fourth-order valence-electron chi connectivity index (χ4n) is 4.43. The summed E-state index contributed by atoms with van der Waals surface area (Å²) < 4.78 is 65.0. The molecular formula is C26H23ClF3N3O3S2. The van der Waals surface area contributed by atoms with Crippen molar-refractivity contribution < 1.29 is 26.4 Å². The molecule has 5 rings (SSSR count).